The predicted octanol–water partition coefficient (Wildman–Crippen LogP) is 5.45. The Morgan fingerprint density at radius 1 is 1.22 bits per heavy atom. The highest BCUT2D eigenvalue weighted by Crippen LogP contribution is 2.31. The van der Waals surface area contributed by atoms with Crippen molar-refractivity contribution in [1.29, 1.82) is 0 Å². The second-order valence-corrected chi connectivity index (χ2v) is 6.60. The zero-order valence-corrected chi connectivity index (χ0v) is 15.9. The van der Waals surface area contributed by atoms with E-state index >= 15 is 0 Å². The quantitative estimate of drug-likeness (QED) is 0.702. The number of ether oxygens (including phenoxy) is 1. The molecule has 0 bridgehead atoms. The number of halogens is 1. The first-order valence-electron chi connectivity index (χ1n) is 8.89. The monoisotopic (exact) mass is 362 g/mol. The Balaban J connectivity index is 2.08. The van der Waals surface area contributed by atoms with E-state index in [9.17, 15) is 4.39 Å². The molecule has 0 spiro atoms. The SMILES string of the molecule is C=C(N=C1C(OC)=CC(c2ccccc2F)=CC1=C(C)C)C1=CCCN=C1. The molecule has 3 rings (SSSR count). The van der Waals surface area contributed by atoms with Gasteiger partial charge >= 0.3 is 0 Å². The number of aliphatic imine (C=N–C) groups is 2. The van der Waals surface area contributed by atoms with Crippen LogP contribution in [0.5, 0.6) is 0 Å². The lowest BCUT2D eigenvalue weighted by Gasteiger charge is -2.20. The van der Waals surface area contributed by atoms with Crippen LogP contribution in [0.25, 0.3) is 5.57 Å². The Labute approximate surface area is 159 Å². The van der Waals surface area contributed by atoms with Crippen LogP contribution in [0.15, 0.2) is 87.2 Å². The number of hydrogen-bond acceptors (Lipinski definition) is 3. The molecule has 0 radical (unpaired) electrons. The standard InChI is InChI=1S/C23H23FN2O/c1-15(2)20-12-18(19-9-5-6-10-21(19)24)13-22(27-4)23(20)26-16(3)17-8-7-11-25-14-17/h5-6,8-10,12-14H,3,7,11H2,1-2,4H3. The molecule has 0 aromatic heterocycles. The first-order chi connectivity index (χ1) is 13.0. The highest BCUT2D eigenvalue weighted by molar-refractivity contribution is 6.18. The van der Waals surface area contributed by atoms with Crippen molar-refractivity contribution in [1.82, 2.24) is 0 Å². The molecule has 0 fully saturated rings. The Kier molecular flexibility index (Phi) is 5.65. The first kappa shape index (κ1) is 18.8. The summed E-state index contributed by atoms with van der Waals surface area (Å²) in [5, 5.41) is 0. The molecule has 2 aliphatic rings. The minimum atomic E-state index is -0.267. The molecule has 1 aromatic carbocycles. The minimum absolute atomic E-state index is 0.267. The molecule has 0 unspecified atom stereocenters. The smallest absolute Gasteiger partial charge is 0.145 e. The van der Waals surface area contributed by atoms with Crippen molar-refractivity contribution in [3.63, 3.8) is 0 Å². The summed E-state index contributed by atoms with van der Waals surface area (Å²) in [5.74, 6) is 0.318. The molecule has 1 aliphatic carbocycles. The van der Waals surface area contributed by atoms with E-state index in [0.29, 0.717) is 22.7 Å². The topological polar surface area (TPSA) is 34.0 Å². The van der Waals surface area contributed by atoms with Crippen LogP contribution in [-0.4, -0.2) is 25.6 Å². The summed E-state index contributed by atoms with van der Waals surface area (Å²) < 4.78 is 19.9. The van der Waals surface area contributed by atoms with Crippen molar-refractivity contribution in [2.75, 3.05) is 13.7 Å². The molecular formula is C23H23FN2O. The number of benzene rings is 1. The van der Waals surface area contributed by atoms with Gasteiger partial charge in [-0.15, -0.1) is 0 Å². The summed E-state index contributed by atoms with van der Waals surface area (Å²) in [6.07, 6.45) is 8.54. The average molecular weight is 362 g/mol. The van der Waals surface area contributed by atoms with Crippen molar-refractivity contribution in [3.05, 3.63) is 88.6 Å². The van der Waals surface area contributed by atoms with Crippen molar-refractivity contribution < 1.29 is 9.13 Å². The zero-order chi connectivity index (χ0) is 19.4. The molecule has 0 saturated heterocycles. The van der Waals surface area contributed by atoms with Crippen LogP contribution in [0.3, 0.4) is 0 Å². The van der Waals surface area contributed by atoms with E-state index in [1.54, 1.807) is 25.5 Å². The average Bonchev–Trinajstić information content (AvgIpc) is 2.69. The normalized spacial score (nSPS) is 18.0. The van der Waals surface area contributed by atoms with Gasteiger partial charge in [0, 0.05) is 29.5 Å². The van der Waals surface area contributed by atoms with Gasteiger partial charge in [0.15, 0.2) is 0 Å². The fourth-order valence-corrected chi connectivity index (χ4v) is 3.01. The fourth-order valence-electron chi connectivity index (χ4n) is 3.01. The first-order valence-corrected chi connectivity index (χ1v) is 8.89. The highest BCUT2D eigenvalue weighted by Gasteiger charge is 2.22. The lowest BCUT2D eigenvalue weighted by molar-refractivity contribution is 0.315. The highest BCUT2D eigenvalue weighted by atomic mass is 19.1. The molecule has 0 N–H and O–H groups in total. The lowest BCUT2D eigenvalue weighted by atomic mass is 9.91. The van der Waals surface area contributed by atoms with Gasteiger partial charge in [-0.3, -0.25) is 4.99 Å². The molecule has 138 valence electrons. The van der Waals surface area contributed by atoms with Crippen LogP contribution in [0.4, 0.5) is 4.39 Å². The molecule has 3 nitrogen and oxygen atoms in total. The van der Waals surface area contributed by atoms with Gasteiger partial charge in [0.2, 0.25) is 0 Å². The molecule has 0 amide bonds. The molecule has 0 atom stereocenters. The van der Waals surface area contributed by atoms with Gasteiger partial charge in [0.1, 0.15) is 17.3 Å². The predicted molar refractivity (Wildman–Crippen MR) is 110 cm³/mol. The van der Waals surface area contributed by atoms with E-state index in [-0.39, 0.29) is 5.82 Å². The second-order valence-electron chi connectivity index (χ2n) is 6.60. The molecule has 27 heavy (non-hydrogen) atoms. The second kappa shape index (κ2) is 8.12. The van der Waals surface area contributed by atoms with Crippen molar-refractivity contribution in [2.24, 2.45) is 9.98 Å². The third-order valence-corrected chi connectivity index (χ3v) is 4.45. The van der Waals surface area contributed by atoms with Gasteiger partial charge in [-0.1, -0.05) is 36.4 Å². The van der Waals surface area contributed by atoms with Crippen LogP contribution in [0, 0.1) is 5.82 Å². The summed E-state index contributed by atoms with van der Waals surface area (Å²) in [6.45, 7) is 8.90. The van der Waals surface area contributed by atoms with Gasteiger partial charge in [-0.2, -0.15) is 0 Å². The molecule has 0 saturated carbocycles. The van der Waals surface area contributed by atoms with E-state index in [2.05, 4.69) is 17.6 Å². The van der Waals surface area contributed by atoms with Gasteiger partial charge < -0.3 is 4.74 Å². The summed E-state index contributed by atoms with van der Waals surface area (Å²) >= 11 is 0. The maximum Gasteiger partial charge on any atom is 0.145 e. The number of rotatable bonds is 4. The van der Waals surface area contributed by atoms with Crippen LogP contribution in [-0.2, 0) is 4.74 Å². The number of methoxy groups -OCH3 is 1. The molecule has 4 heteroatoms. The Bertz CT molecular complexity index is 954. The summed E-state index contributed by atoms with van der Waals surface area (Å²) in [6, 6.07) is 6.72. The molecule has 1 aromatic rings. The molecular weight excluding hydrogens is 339 g/mol. The number of hydrogen-bond donors (Lipinski definition) is 0. The van der Waals surface area contributed by atoms with E-state index < -0.39 is 0 Å². The van der Waals surface area contributed by atoms with Gasteiger partial charge in [-0.05, 0) is 44.1 Å². The van der Waals surface area contributed by atoms with Crippen LogP contribution < -0.4 is 0 Å². The minimum Gasteiger partial charge on any atom is -0.494 e. The van der Waals surface area contributed by atoms with Gasteiger partial charge in [-0.25, -0.2) is 9.38 Å². The van der Waals surface area contributed by atoms with E-state index in [0.717, 1.165) is 35.3 Å². The zero-order valence-electron chi connectivity index (χ0n) is 15.9. The third-order valence-electron chi connectivity index (χ3n) is 4.45. The number of allylic oxidation sites excluding steroid dienone is 6. The van der Waals surface area contributed by atoms with E-state index in [1.165, 1.54) is 6.07 Å². The molecule has 1 heterocycles. The lowest BCUT2D eigenvalue weighted by Crippen LogP contribution is -2.14. The van der Waals surface area contributed by atoms with Gasteiger partial charge in [0.25, 0.3) is 0 Å². The maximum atomic E-state index is 14.3. The van der Waals surface area contributed by atoms with Crippen LogP contribution in [0.1, 0.15) is 25.8 Å². The summed E-state index contributed by atoms with van der Waals surface area (Å²) in [7, 11) is 1.60. The van der Waals surface area contributed by atoms with Crippen molar-refractivity contribution in [2.45, 2.75) is 20.3 Å². The maximum absolute atomic E-state index is 14.3. The Morgan fingerprint density at radius 2 is 2.00 bits per heavy atom. The van der Waals surface area contributed by atoms with E-state index in [4.69, 9.17) is 9.73 Å². The molecule has 1 aliphatic heterocycles. The van der Waals surface area contributed by atoms with E-state index in [1.807, 2.05) is 32.1 Å². The third kappa shape index (κ3) is 4.05. The van der Waals surface area contributed by atoms with Crippen LogP contribution in [0.2, 0.25) is 0 Å². The summed E-state index contributed by atoms with van der Waals surface area (Å²) in [4.78, 5) is 9.03. The number of dihydropyridines is 1. The fraction of sp³-hybridized carbons (Fsp3) is 0.217. The van der Waals surface area contributed by atoms with Crippen LogP contribution >= 0.6 is 0 Å². The Morgan fingerprint density at radius 3 is 2.63 bits per heavy atom. The van der Waals surface area contributed by atoms with Crippen molar-refractivity contribution in [3.8, 4) is 0 Å². The largest absolute Gasteiger partial charge is 0.494 e. The Hall–Kier alpha value is -3.01. The van der Waals surface area contributed by atoms with Crippen molar-refractivity contribution >= 4 is 17.5 Å². The van der Waals surface area contributed by atoms with Gasteiger partial charge in [0.05, 0.1) is 12.8 Å². The summed E-state index contributed by atoms with van der Waals surface area (Å²) in [5.41, 5.74) is 5.50. The number of nitrogens with zero attached hydrogens (tertiary/aromatic N) is 2.